The summed E-state index contributed by atoms with van der Waals surface area (Å²) in [7, 11) is 0. The van der Waals surface area contributed by atoms with Gasteiger partial charge in [0.15, 0.2) is 0 Å². The van der Waals surface area contributed by atoms with E-state index in [0.29, 0.717) is 16.4 Å². The maximum Gasteiger partial charge on any atom is 0.340 e. The maximum absolute atomic E-state index is 12.4. The van der Waals surface area contributed by atoms with E-state index < -0.39 is 17.5 Å². The Bertz CT molecular complexity index is 782. The number of carbonyl (C=O) groups excluding carboxylic acids is 2. The molecule has 0 heterocycles. The standard InChI is InChI=1S/C18H19ClN2O3/c1-18(2,3)24-17(23)12-6-4-5-7-15(12)21-16(22)13-10-11(19)8-9-14(13)20/h4-10H,20H2,1-3H3,(H,21,22). The number of anilines is 2. The second-order valence-corrected chi connectivity index (χ2v) is 6.67. The summed E-state index contributed by atoms with van der Waals surface area (Å²) in [5, 5.41) is 3.08. The van der Waals surface area contributed by atoms with Gasteiger partial charge in [-0.25, -0.2) is 4.79 Å². The topological polar surface area (TPSA) is 81.4 Å². The number of nitrogens with one attached hydrogen (secondary N) is 1. The first-order chi connectivity index (χ1) is 11.2. The summed E-state index contributed by atoms with van der Waals surface area (Å²) in [5.74, 6) is -0.969. The van der Waals surface area contributed by atoms with Gasteiger partial charge in [-0.05, 0) is 51.1 Å². The highest BCUT2D eigenvalue weighted by molar-refractivity contribution is 6.31. The van der Waals surface area contributed by atoms with Crippen molar-refractivity contribution in [2.45, 2.75) is 26.4 Å². The molecule has 0 saturated carbocycles. The van der Waals surface area contributed by atoms with E-state index >= 15 is 0 Å². The van der Waals surface area contributed by atoms with Crippen LogP contribution in [0, 0.1) is 0 Å². The van der Waals surface area contributed by atoms with Crippen molar-refractivity contribution in [3.05, 3.63) is 58.6 Å². The van der Waals surface area contributed by atoms with Gasteiger partial charge in [-0.2, -0.15) is 0 Å². The Hall–Kier alpha value is -2.53. The molecule has 126 valence electrons. The lowest BCUT2D eigenvalue weighted by Gasteiger charge is -2.20. The van der Waals surface area contributed by atoms with E-state index in [2.05, 4.69) is 5.32 Å². The van der Waals surface area contributed by atoms with Crippen LogP contribution in [0.1, 0.15) is 41.5 Å². The van der Waals surface area contributed by atoms with Crippen LogP contribution < -0.4 is 11.1 Å². The number of carbonyl (C=O) groups is 2. The number of hydrogen-bond donors (Lipinski definition) is 2. The molecule has 0 saturated heterocycles. The Labute approximate surface area is 145 Å². The lowest BCUT2D eigenvalue weighted by Crippen LogP contribution is -2.25. The predicted octanol–water partition coefficient (Wildman–Crippen LogP) is 4.13. The average molecular weight is 347 g/mol. The fourth-order valence-electron chi connectivity index (χ4n) is 2.02. The van der Waals surface area contributed by atoms with E-state index in [1.54, 1.807) is 57.2 Å². The van der Waals surface area contributed by atoms with Crippen LogP contribution in [0.3, 0.4) is 0 Å². The molecule has 0 aliphatic rings. The highest BCUT2D eigenvalue weighted by atomic mass is 35.5. The Morgan fingerprint density at radius 3 is 2.42 bits per heavy atom. The summed E-state index contributed by atoms with van der Waals surface area (Å²) in [6, 6.07) is 11.2. The molecule has 0 bridgehead atoms. The van der Waals surface area contributed by atoms with Crippen molar-refractivity contribution in [1.82, 2.24) is 0 Å². The summed E-state index contributed by atoms with van der Waals surface area (Å²) in [6.45, 7) is 5.33. The van der Waals surface area contributed by atoms with Crippen LogP contribution in [-0.2, 0) is 4.74 Å². The largest absolute Gasteiger partial charge is 0.456 e. The Morgan fingerprint density at radius 2 is 1.75 bits per heavy atom. The normalized spacial score (nSPS) is 11.0. The number of nitrogen functional groups attached to an aromatic ring is 1. The fraction of sp³-hybridized carbons (Fsp3) is 0.222. The van der Waals surface area contributed by atoms with Gasteiger partial charge in [0.1, 0.15) is 5.60 Å². The second kappa shape index (κ2) is 6.93. The van der Waals surface area contributed by atoms with Gasteiger partial charge in [0.05, 0.1) is 16.8 Å². The minimum atomic E-state index is -0.633. The molecule has 2 aromatic carbocycles. The van der Waals surface area contributed by atoms with Crippen LogP contribution in [0.25, 0.3) is 0 Å². The molecule has 0 aromatic heterocycles. The summed E-state index contributed by atoms with van der Waals surface area (Å²) in [4.78, 5) is 24.7. The lowest BCUT2D eigenvalue weighted by molar-refractivity contribution is 0.00708. The quantitative estimate of drug-likeness (QED) is 0.646. The highest BCUT2D eigenvalue weighted by Crippen LogP contribution is 2.23. The molecule has 0 fully saturated rings. The molecule has 1 amide bonds. The van der Waals surface area contributed by atoms with E-state index in [1.807, 2.05) is 0 Å². The molecular weight excluding hydrogens is 328 g/mol. The summed E-state index contributed by atoms with van der Waals surface area (Å²) in [6.07, 6.45) is 0. The van der Waals surface area contributed by atoms with Gasteiger partial charge >= 0.3 is 5.97 Å². The van der Waals surface area contributed by atoms with Crippen LogP contribution in [-0.4, -0.2) is 17.5 Å². The molecule has 0 unspecified atom stereocenters. The maximum atomic E-state index is 12.4. The molecule has 0 aliphatic carbocycles. The monoisotopic (exact) mass is 346 g/mol. The number of ether oxygens (including phenoxy) is 1. The van der Waals surface area contributed by atoms with E-state index in [4.69, 9.17) is 22.1 Å². The zero-order chi connectivity index (χ0) is 17.9. The minimum Gasteiger partial charge on any atom is -0.456 e. The summed E-state index contributed by atoms with van der Waals surface area (Å²) < 4.78 is 5.36. The fourth-order valence-corrected chi connectivity index (χ4v) is 2.19. The van der Waals surface area contributed by atoms with Gasteiger partial charge in [0.2, 0.25) is 0 Å². The van der Waals surface area contributed by atoms with Gasteiger partial charge in [0.25, 0.3) is 5.91 Å². The number of benzene rings is 2. The molecule has 24 heavy (non-hydrogen) atoms. The van der Waals surface area contributed by atoms with E-state index in [9.17, 15) is 9.59 Å². The highest BCUT2D eigenvalue weighted by Gasteiger charge is 2.21. The number of halogens is 1. The summed E-state index contributed by atoms with van der Waals surface area (Å²) >= 11 is 5.91. The van der Waals surface area contributed by atoms with Crippen molar-refractivity contribution < 1.29 is 14.3 Å². The molecule has 0 spiro atoms. The number of hydrogen-bond acceptors (Lipinski definition) is 4. The molecule has 3 N–H and O–H groups in total. The molecule has 5 nitrogen and oxygen atoms in total. The van der Waals surface area contributed by atoms with Crippen LogP contribution >= 0.6 is 11.6 Å². The van der Waals surface area contributed by atoms with Gasteiger partial charge in [0, 0.05) is 10.7 Å². The average Bonchev–Trinajstić information content (AvgIpc) is 2.48. The van der Waals surface area contributed by atoms with Crippen LogP contribution in [0.5, 0.6) is 0 Å². The van der Waals surface area contributed by atoms with Crippen LogP contribution in [0.4, 0.5) is 11.4 Å². The zero-order valence-electron chi connectivity index (χ0n) is 13.7. The Morgan fingerprint density at radius 1 is 1.08 bits per heavy atom. The molecule has 6 heteroatoms. The van der Waals surface area contributed by atoms with Crippen molar-refractivity contribution in [2.75, 3.05) is 11.1 Å². The summed E-state index contributed by atoms with van der Waals surface area (Å²) in [5.41, 5.74) is 6.32. The van der Waals surface area contributed by atoms with Crippen LogP contribution in [0.2, 0.25) is 5.02 Å². The predicted molar refractivity (Wildman–Crippen MR) is 95.4 cm³/mol. The smallest absolute Gasteiger partial charge is 0.340 e. The third-order valence-corrected chi connectivity index (χ3v) is 3.29. The molecule has 2 aromatic rings. The van der Waals surface area contributed by atoms with Crippen molar-refractivity contribution in [3.63, 3.8) is 0 Å². The number of amides is 1. The van der Waals surface area contributed by atoms with Crippen molar-refractivity contribution in [2.24, 2.45) is 0 Å². The number of rotatable bonds is 3. The van der Waals surface area contributed by atoms with Gasteiger partial charge in [-0.3, -0.25) is 4.79 Å². The lowest BCUT2D eigenvalue weighted by atomic mass is 10.1. The Kier molecular flexibility index (Phi) is 5.14. The zero-order valence-corrected chi connectivity index (χ0v) is 14.5. The molecule has 2 rings (SSSR count). The SMILES string of the molecule is CC(C)(C)OC(=O)c1ccccc1NC(=O)c1cc(Cl)ccc1N. The van der Waals surface area contributed by atoms with E-state index in [0.717, 1.165) is 0 Å². The van der Waals surface area contributed by atoms with Crippen LogP contribution in [0.15, 0.2) is 42.5 Å². The number of nitrogens with two attached hydrogens (primary N) is 1. The third kappa shape index (κ3) is 4.49. The Balaban J connectivity index is 2.29. The van der Waals surface area contributed by atoms with Crippen molar-refractivity contribution in [3.8, 4) is 0 Å². The molecule has 0 radical (unpaired) electrons. The minimum absolute atomic E-state index is 0.237. The molecule has 0 aliphatic heterocycles. The van der Waals surface area contributed by atoms with E-state index in [-0.39, 0.29) is 11.1 Å². The third-order valence-electron chi connectivity index (χ3n) is 3.05. The first-order valence-corrected chi connectivity index (χ1v) is 7.74. The van der Waals surface area contributed by atoms with E-state index in [1.165, 1.54) is 6.07 Å². The van der Waals surface area contributed by atoms with Gasteiger partial charge < -0.3 is 15.8 Å². The van der Waals surface area contributed by atoms with Crippen molar-refractivity contribution >= 4 is 34.9 Å². The number of para-hydroxylation sites is 1. The second-order valence-electron chi connectivity index (χ2n) is 6.23. The number of esters is 1. The van der Waals surface area contributed by atoms with Gasteiger partial charge in [-0.15, -0.1) is 0 Å². The van der Waals surface area contributed by atoms with Gasteiger partial charge in [-0.1, -0.05) is 23.7 Å². The molecular formula is C18H19ClN2O3. The first-order valence-electron chi connectivity index (χ1n) is 7.36. The van der Waals surface area contributed by atoms with Crippen molar-refractivity contribution in [1.29, 1.82) is 0 Å². The first kappa shape index (κ1) is 17.8. The molecule has 0 atom stereocenters.